The van der Waals surface area contributed by atoms with Gasteiger partial charge in [0.2, 0.25) is 5.91 Å². The lowest BCUT2D eigenvalue weighted by atomic mass is 10.0. The van der Waals surface area contributed by atoms with E-state index in [2.05, 4.69) is 16.5 Å². The van der Waals surface area contributed by atoms with Gasteiger partial charge in [-0.25, -0.2) is 23.1 Å². The number of carbonyl (C=O) groups is 1. The van der Waals surface area contributed by atoms with Gasteiger partial charge in [0.1, 0.15) is 17.3 Å². The second-order valence-electron chi connectivity index (χ2n) is 12.5. The van der Waals surface area contributed by atoms with E-state index in [4.69, 9.17) is 4.98 Å². The number of piperazine rings is 1. The van der Waals surface area contributed by atoms with Gasteiger partial charge >= 0.3 is 5.69 Å². The summed E-state index contributed by atoms with van der Waals surface area (Å²) < 4.78 is 33.5. The van der Waals surface area contributed by atoms with E-state index in [1.807, 2.05) is 62.6 Å². The molecule has 0 N–H and O–H groups in total. The van der Waals surface area contributed by atoms with E-state index in [1.165, 1.54) is 22.8 Å². The van der Waals surface area contributed by atoms with Crippen LogP contribution in [0.25, 0.3) is 28.0 Å². The Hall–Kier alpha value is -4.87. The van der Waals surface area contributed by atoms with E-state index in [0.29, 0.717) is 48.6 Å². The van der Waals surface area contributed by atoms with Gasteiger partial charge in [0.05, 0.1) is 28.0 Å². The average Bonchev–Trinajstić information content (AvgIpc) is 3.03. The number of carbonyl (C=O) groups excluding carboxylic acids is 1. The number of rotatable bonds is 3. The van der Waals surface area contributed by atoms with Crippen molar-refractivity contribution in [3.8, 4) is 16.9 Å². The first-order valence-corrected chi connectivity index (χ1v) is 15.5. The Morgan fingerprint density at radius 1 is 1.00 bits per heavy atom. The highest BCUT2D eigenvalue weighted by Crippen LogP contribution is 2.39. The zero-order chi connectivity index (χ0) is 33.0. The fourth-order valence-corrected chi connectivity index (χ4v) is 6.57. The monoisotopic (exact) mass is 628 g/mol. The summed E-state index contributed by atoms with van der Waals surface area (Å²) in [7, 11) is 3.76. The topological polar surface area (TPSA) is 90.7 Å². The molecule has 1 amide bonds. The Balaban J connectivity index is 1.72. The minimum Gasteiger partial charge on any atom is -0.372 e. The van der Waals surface area contributed by atoms with E-state index in [1.54, 1.807) is 23.2 Å². The summed E-state index contributed by atoms with van der Waals surface area (Å²) in [5, 5.41) is 0.291. The van der Waals surface area contributed by atoms with Crippen LogP contribution in [-0.2, 0) is 4.79 Å². The first kappa shape index (κ1) is 31.1. The molecule has 4 aromatic rings. The van der Waals surface area contributed by atoms with Gasteiger partial charge in [-0.05, 0) is 50.1 Å². The first-order valence-electron chi connectivity index (χ1n) is 15.5. The lowest BCUT2D eigenvalue weighted by Gasteiger charge is -2.44. The summed E-state index contributed by atoms with van der Waals surface area (Å²) in [6.45, 7) is 13.1. The predicted octanol–water partition coefficient (Wildman–Crippen LogP) is 4.74. The van der Waals surface area contributed by atoms with Gasteiger partial charge in [0, 0.05) is 64.2 Å². The summed E-state index contributed by atoms with van der Waals surface area (Å²) in [4.78, 5) is 48.5. The van der Waals surface area contributed by atoms with Crippen molar-refractivity contribution in [1.82, 2.24) is 24.4 Å². The van der Waals surface area contributed by atoms with Crippen LogP contribution in [0, 0.1) is 11.6 Å². The number of halogens is 2. The molecule has 1 fully saturated rings. The molecule has 6 rings (SSSR count). The minimum atomic E-state index is -0.744. The minimum absolute atomic E-state index is 0.0130. The van der Waals surface area contributed by atoms with Gasteiger partial charge in [0.15, 0.2) is 11.5 Å². The zero-order valence-corrected chi connectivity index (χ0v) is 27.0. The highest BCUT2D eigenvalue weighted by Gasteiger charge is 2.35. The SMILES string of the molecule is C=CC(=O)N1C[C@H](C)N(c2nc(=O)n3c4nc(c(F)cc24)-c2c(F)cccc2N(C)CCN(C)c2ccnc(C(C)C)c2-3)C[C@H]1C. The smallest absolute Gasteiger partial charge is 0.355 e. The molecule has 2 aliphatic rings. The van der Waals surface area contributed by atoms with Crippen LogP contribution in [0.4, 0.5) is 26.0 Å². The molecule has 2 aliphatic heterocycles. The van der Waals surface area contributed by atoms with Gasteiger partial charge in [-0.2, -0.15) is 4.98 Å². The van der Waals surface area contributed by atoms with Crippen molar-refractivity contribution in [3.05, 3.63) is 77.0 Å². The number of hydrogen-bond acceptors (Lipinski definition) is 8. The Morgan fingerprint density at radius 2 is 1.72 bits per heavy atom. The fourth-order valence-electron chi connectivity index (χ4n) is 6.57. The van der Waals surface area contributed by atoms with Crippen molar-refractivity contribution < 1.29 is 13.6 Å². The molecule has 2 atom stereocenters. The Kier molecular flexibility index (Phi) is 7.99. The highest BCUT2D eigenvalue weighted by molar-refractivity contribution is 5.93. The molecule has 46 heavy (non-hydrogen) atoms. The molecular weight excluding hydrogens is 590 g/mol. The van der Waals surface area contributed by atoms with E-state index in [9.17, 15) is 9.59 Å². The van der Waals surface area contributed by atoms with Crippen LogP contribution in [0.5, 0.6) is 0 Å². The van der Waals surface area contributed by atoms with Crippen molar-refractivity contribution in [2.75, 3.05) is 55.0 Å². The molecule has 5 heterocycles. The number of likely N-dealkylation sites (N-methyl/N-ethyl adjacent to an activating group) is 2. The molecular formula is C34H38F2N8O2. The Labute approximate surface area is 266 Å². The van der Waals surface area contributed by atoms with Crippen molar-refractivity contribution in [2.24, 2.45) is 0 Å². The maximum Gasteiger partial charge on any atom is 0.355 e. The summed E-state index contributed by atoms with van der Waals surface area (Å²) in [6, 6.07) is 7.25. The molecule has 0 spiro atoms. The first-order chi connectivity index (χ1) is 21.9. The molecule has 240 valence electrons. The Bertz CT molecular complexity index is 1930. The number of pyridine rings is 2. The van der Waals surface area contributed by atoms with Crippen LogP contribution in [0.2, 0.25) is 0 Å². The van der Waals surface area contributed by atoms with E-state index >= 15 is 8.78 Å². The van der Waals surface area contributed by atoms with Gasteiger partial charge in [-0.3, -0.25) is 9.78 Å². The van der Waals surface area contributed by atoms with E-state index < -0.39 is 17.3 Å². The number of anilines is 3. The van der Waals surface area contributed by atoms with Crippen LogP contribution in [0.3, 0.4) is 0 Å². The normalized spacial score (nSPS) is 18.4. The second kappa shape index (κ2) is 11.8. The number of benzene rings is 1. The zero-order valence-electron chi connectivity index (χ0n) is 27.0. The number of amides is 1. The lowest BCUT2D eigenvalue weighted by molar-refractivity contribution is -0.128. The van der Waals surface area contributed by atoms with Gasteiger partial charge in [-0.1, -0.05) is 26.5 Å². The maximum atomic E-state index is 16.4. The fraction of sp³-hybridized carbons (Fsp3) is 0.382. The van der Waals surface area contributed by atoms with Crippen molar-refractivity contribution in [2.45, 2.75) is 45.7 Å². The van der Waals surface area contributed by atoms with Crippen LogP contribution in [0.15, 0.2) is 54.0 Å². The molecule has 3 aromatic heterocycles. The summed E-state index contributed by atoms with van der Waals surface area (Å²) in [6.07, 6.45) is 3.00. The van der Waals surface area contributed by atoms with Crippen LogP contribution >= 0.6 is 0 Å². The predicted molar refractivity (Wildman–Crippen MR) is 177 cm³/mol. The molecule has 0 unspecified atom stereocenters. The maximum absolute atomic E-state index is 16.4. The third-order valence-corrected chi connectivity index (χ3v) is 9.04. The molecule has 0 radical (unpaired) electrons. The molecule has 10 nitrogen and oxygen atoms in total. The van der Waals surface area contributed by atoms with Gasteiger partial charge in [-0.15, -0.1) is 0 Å². The summed E-state index contributed by atoms with van der Waals surface area (Å²) in [5.74, 6) is -1.39. The number of hydrogen-bond donors (Lipinski definition) is 0. The lowest BCUT2D eigenvalue weighted by Crippen LogP contribution is -2.58. The second-order valence-corrected chi connectivity index (χ2v) is 12.5. The number of nitrogens with zero attached hydrogens (tertiary/aromatic N) is 8. The average molecular weight is 629 g/mol. The van der Waals surface area contributed by atoms with Crippen molar-refractivity contribution >= 4 is 34.1 Å². The quantitative estimate of drug-likeness (QED) is 0.301. The molecule has 12 heteroatoms. The molecule has 0 aliphatic carbocycles. The van der Waals surface area contributed by atoms with E-state index in [-0.39, 0.29) is 46.6 Å². The van der Waals surface area contributed by atoms with Gasteiger partial charge in [0.25, 0.3) is 0 Å². The van der Waals surface area contributed by atoms with E-state index in [0.717, 1.165) is 5.69 Å². The summed E-state index contributed by atoms with van der Waals surface area (Å²) in [5.41, 5.74) is 1.68. The number of fused-ring (bicyclic) bond motifs is 5. The summed E-state index contributed by atoms with van der Waals surface area (Å²) >= 11 is 0. The van der Waals surface area contributed by atoms with Crippen molar-refractivity contribution in [1.29, 1.82) is 0 Å². The van der Waals surface area contributed by atoms with Crippen LogP contribution in [0.1, 0.15) is 39.3 Å². The van der Waals surface area contributed by atoms with Gasteiger partial charge < -0.3 is 19.6 Å². The molecule has 1 aromatic carbocycles. The standard InChI is InChI=1S/C34H38F2N8O2/c1-8-27(45)42-17-21(5)43(18-20(42)4)32-22-16-24(36)30-28-23(35)10-9-11-25(28)40(6)14-15-41(7)26-12-13-37-29(19(2)3)31(26)44(33(22)38-30)34(46)39-32/h8-13,16,19-21H,1,14-15,17-18H2,2-7H3/t20-,21+/m1/s1. The van der Waals surface area contributed by atoms with Crippen LogP contribution < -0.4 is 20.4 Å². The third kappa shape index (κ3) is 5.05. The van der Waals surface area contributed by atoms with Crippen LogP contribution in [-0.4, -0.2) is 82.7 Å². The molecule has 2 bridgehead atoms. The molecule has 0 saturated carbocycles. The highest BCUT2D eigenvalue weighted by atomic mass is 19.1. The van der Waals surface area contributed by atoms with Crippen molar-refractivity contribution in [3.63, 3.8) is 0 Å². The third-order valence-electron chi connectivity index (χ3n) is 9.04. The Morgan fingerprint density at radius 3 is 2.41 bits per heavy atom. The largest absolute Gasteiger partial charge is 0.372 e. The number of aromatic nitrogens is 4. The molecule has 1 saturated heterocycles.